The van der Waals surface area contributed by atoms with Crippen LogP contribution < -0.4 is 4.74 Å². The van der Waals surface area contributed by atoms with E-state index in [0.717, 1.165) is 41.4 Å². The Morgan fingerprint density at radius 2 is 2.17 bits per heavy atom. The van der Waals surface area contributed by atoms with Crippen molar-refractivity contribution in [2.75, 3.05) is 6.61 Å². The molecule has 0 spiro atoms. The average molecular weight is 316 g/mol. The van der Waals surface area contributed by atoms with Crippen molar-refractivity contribution in [3.05, 3.63) is 46.5 Å². The molecule has 0 aromatic heterocycles. The number of benzene rings is 1. The normalized spacial score (nSPS) is 17.7. The van der Waals surface area contributed by atoms with E-state index < -0.39 is 5.97 Å². The molecule has 0 amide bonds. The molecule has 0 radical (unpaired) electrons. The van der Waals surface area contributed by atoms with E-state index in [2.05, 4.69) is 6.08 Å². The first-order valence-corrected chi connectivity index (χ1v) is 7.88. The van der Waals surface area contributed by atoms with Gasteiger partial charge in [0.2, 0.25) is 0 Å². The van der Waals surface area contributed by atoms with Crippen molar-refractivity contribution < 1.29 is 19.7 Å². The highest BCUT2D eigenvalue weighted by atomic mass is 16.5. The molecule has 2 atom stereocenters. The van der Waals surface area contributed by atoms with Crippen LogP contribution in [0.15, 0.2) is 29.9 Å². The van der Waals surface area contributed by atoms with Crippen LogP contribution in [0.1, 0.15) is 37.5 Å². The van der Waals surface area contributed by atoms with Gasteiger partial charge in [-0.1, -0.05) is 18.6 Å². The number of carboxylic acid groups (broad SMARTS) is 1. The highest BCUT2D eigenvalue weighted by Crippen LogP contribution is 2.37. The highest BCUT2D eigenvalue weighted by molar-refractivity contribution is 5.85. The van der Waals surface area contributed by atoms with Crippen LogP contribution in [0.25, 0.3) is 6.08 Å². The van der Waals surface area contributed by atoms with Gasteiger partial charge in [-0.25, -0.2) is 4.79 Å². The van der Waals surface area contributed by atoms with Crippen molar-refractivity contribution in [3.8, 4) is 5.75 Å². The van der Waals surface area contributed by atoms with Crippen molar-refractivity contribution in [3.63, 3.8) is 0 Å². The lowest BCUT2D eigenvalue weighted by Gasteiger charge is -2.17. The molecular formula is C19H24O4. The first-order chi connectivity index (χ1) is 10.9. The molecule has 2 N–H and O–H groups in total. The zero-order chi connectivity index (χ0) is 17.0. The zero-order valence-electron chi connectivity index (χ0n) is 13.9. The first-order valence-electron chi connectivity index (χ1n) is 7.88. The third-order valence-corrected chi connectivity index (χ3v) is 4.03. The molecular weight excluding hydrogens is 292 g/mol. The largest absolute Gasteiger partial charge is 0.489 e. The van der Waals surface area contributed by atoms with E-state index >= 15 is 0 Å². The second-order valence-electron chi connectivity index (χ2n) is 6.35. The maximum absolute atomic E-state index is 10.7. The molecule has 124 valence electrons. The fourth-order valence-corrected chi connectivity index (χ4v) is 2.66. The number of aliphatic hydroxyl groups excluding tert-OH is 1. The molecule has 0 bridgehead atoms. The summed E-state index contributed by atoms with van der Waals surface area (Å²) in [6, 6.07) is 3.95. The van der Waals surface area contributed by atoms with Crippen LogP contribution in [0.5, 0.6) is 5.75 Å². The fourth-order valence-electron chi connectivity index (χ4n) is 2.66. The van der Waals surface area contributed by atoms with Gasteiger partial charge in [-0.2, -0.15) is 0 Å². The van der Waals surface area contributed by atoms with Crippen molar-refractivity contribution >= 4 is 12.0 Å². The number of fused-ring (bicyclic) bond motifs is 1. The van der Waals surface area contributed by atoms with Gasteiger partial charge < -0.3 is 14.9 Å². The summed E-state index contributed by atoms with van der Waals surface area (Å²) >= 11 is 0. The Hall–Kier alpha value is -2.07. The van der Waals surface area contributed by atoms with Crippen molar-refractivity contribution in [1.82, 2.24) is 0 Å². The number of rotatable bonds is 6. The monoisotopic (exact) mass is 316 g/mol. The molecule has 1 aromatic carbocycles. The van der Waals surface area contributed by atoms with Crippen LogP contribution in [-0.2, 0) is 17.6 Å². The van der Waals surface area contributed by atoms with Crippen LogP contribution in [0, 0.1) is 5.92 Å². The second-order valence-corrected chi connectivity index (χ2v) is 6.35. The van der Waals surface area contributed by atoms with Gasteiger partial charge in [0.1, 0.15) is 11.9 Å². The van der Waals surface area contributed by atoms with Crippen LogP contribution >= 0.6 is 0 Å². The molecule has 0 saturated heterocycles. The maximum Gasteiger partial charge on any atom is 0.328 e. The molecule has 0 saturated carbocycles. The lowest BCUT2D eigenvalue weighted by atomic mass is 9.96. The van der Waals surface area contributed by atoms with Crippen LogP contribution in [0.3, 0.4) is 0 Å². The standard InChI is InChI=1S/C19H24O4/c1-12(2)4-6-15-8-14(5-7-18(21)22)9-16-10-17(13(3)11-20)23-19(15)16/h4-5,7-9,13,17,20H,6,10-11H2,1-3H3,(H,21,22)/b7-5+/t13-,17-/m0/s1. The number of hydrogen-bond donors (Lipinski definition) is 2. The van der Waals surface area contributed by atoms with Crippen LogP contribution in [0.2, 0.25) is 0 Å². The number of carboxylic acids is 1. The third kappa shape index (κ3) is 4.45. The molecule has 4 nitrogen and oxygen atoms in total. The minimum absolute atomic E-state index is 0.0286. The van der Waals surface area contributed by atoms with Gasteiger partial charge in [-0.15, -0.1) is 0 Å². The molecule has 2 rings (SSSR count). The molecule has 1 aromatic rings. The first kappa shape index (κ1) is 17.3. The van der Waals surface area contributed by atoms with Gasteiger partial charge in [0, 0.05) is 25.0 Å². The lowest BCUT2D eigenvalue weighted by Crippen LogP contribution is -2.25. The summed E-state index contributed by atoms with van der Waals surface area (Å²) in [7, 11) is 0. The van der Waals surface area contributed by atoms with Gasteiger partial charge in [0.25, 0.3) is 0 Å². The summed E-state index contributed by atoms with van der Waals surface area (Å²) in [5.74, 6) is -0.00336. The average Bonchev–Trinajstić information content (AvgIpc) is 2.93. The summed E-state index contributed by atoms with van der Waals surface area (Å²) < 4.78 is 6.07. The minimum atomic E-state index is -0.959. The number of carbonyl (C=O) groups is 1. The van der Waals surface area contributed by atoms with Gasteiger partial charge >= 0.3 is 5.97 Å². The summed E-state index contributed by atoms with van der Waals surface area (Å²) in [4.78, 5) is 10.7. The predicted molar refractivity (Wildman–Crippen MR) is 90.6 cm³/mol. The minimum Gasteiger partial charge on any atom is -0.489 e. The Balaban J connectivity index is 2.36. The fraction of sp³-hybridized carbons (Fsp3) is 0.421. The Morgan fingerprint density at radius 1 is 1.43 bits per heavy atom. The number of hydrogen-bond acceptors (Lipinski definition) is 3. The molecule has 0 fully saturated rings. The second kappa shape index (κ2) is 7.47. The topological polar surface area (TPSA) is 66.8 Å². The predicted octanol–water partition coefficient (Wildman–Crippen LogP) is 3.23. The Morgan fingerprint density at radius 3 is 2.78 bits per heavy atom. The van der Waals surface area contributed by atoms with Crippen molar-refractivity contribution in [2.24, 2.45) is 5.92 Å². The molecule has 0 aliphatic carbocycles. The van der Waals surface area contributed by atoms with E-state index in [1.54, 1.807) is 6.08 Å². The number of aliphatic carboxylic acids is 1. The van der Waals surface area contributed by atoms with E-state index in [0.29, 0.717) is 0 Å². The number of aliphatic hydroxyl groups is 1. The Labute approximate surface area is 137 Å². The summed E-state index contributed by atoms with van der Waals surface area (Å²) in [5.41, 5.74) is 4.23. The SMILES string of the molecule is CC(C)=CCc1cc(/C=C/C(=O)O)cc2c1O[C@H]([C@@H](C)CO)C2. The Bertz CT molecular complexity index is 639. The zero-order valence-corrected chi connectivity index (χ0v) is 13.9. The van der Waals surface area contributed by atoms with Crippen LogP contribution in [-0.4, -0.2) is 28.9 Å². The van der Waals surface area contributed by atoms with E-state index in [-0.39, 0.29) is 18.6 Å². The van der Waals surface area contributed by atoms with Gasteiger partial charge in [0.15, 0.2) is 0 Å². The molecule has 1 aliphatic heterocycles. The smallest absolute Gasteiger partial charge is 0.328 e. The van der Waals surface area contributed by atoms with Crippen molar-refractivity contribution in [2.45, 2.75) is 39.7 Å². The Kier molecular flexibility index (Phi) is 5.61. The van der Waals surface area contributed by atoms with E-state index in [1.165, 1.54) is 5.57 Å². The highest BCUT2D eigenvalue weighted by Gasteiger charge is 2.29. The van der Waals surface area contributed by atoms with Gasteiger partial charge in [-0.3, -0.25) is 0 Å². The van der Waals surface area contributed by atoms with Gasteiger partial charge in [0.05, 0.1) is 0 Å². The van der Waals surface area contributed by atoms with Crippen LogP contribution in [0.4, 0.5) is 0 Å². The number of ether oxygens (including phenoxy) is 1. The summed E-state index contributed by atoms with van der Waals surface area (Å²) in [6.07, 6.45) is 6.35. The summed E-state index contributed by atoms with van der Waals surface area (Å²) in [6.45, 7) is 6.16. The van der Waals surface area contributed by atoms with Crippen molar-refractivity contribution in [1.29, 1.82) is 0 Å². The maximum atomic E-state index is 10.7. The number of allylic oxidation sites excluding steroid dienone is 2. The lowest BCUT2D eigenvalue weighted by molar-refractivity contribution is -0.131. The van der Waals surface area contributed by atoms with E-state index in [1.807, 2.05) is 32.9 Å². The molecule has 23 heavy (non-hydrogen) atoms. The summed E-state index contributed by atoms with van der Waals surface area (Å²) in [5, 5.41) is 18.2. The quantitative estimate of drug-likeness (QED) is 0.624. The third-order valence-electron chi connectivity index (χ3n) is 4.03. The molecule has 0 unspecified atom stereocenters. The van der Waals surface area contributed by atoms with E-state index in [4.69, 9.17) is 9.84 Å². The molecule has 4 heteroatoms. The molecule has 1 heterocycles. The van der Waals surface area contributed by atoms with E-state index in [9.17, 15) is 9.90 Å². The van der Waals surface area contributed by atoms with Gasteiger partial charge in [-0.05, 0) is 55.2 Å². The molecule has 1 aliphatic rings.